The Morgan fingerprint density at radius 3 is 2.96 bits per heavy atom. The highest BCUT2D eigenvalue weighted by Gasteiger charge is 2.13. The predicted octanol–water partition coefficient (Wildman–Crippen LogP) is 2.62. The van der Waals surface area contributed by atoms with E-state index in [1.165, 1.54) is 12.1 Å². The molecule has 8 heteroatoms. The summed E-state index contributed by atoms with van der Waals surface area (Å²) in [5, 5.41) is 13.7. The summed E-state index contributed by atoms with van der Waals surface area (Å²) in [6, 6.07) is 7.74. The van der Waals surface area contributed by atoms with Crippen molar-refractivity contribution in [2.75, 3.05) is 6.54 Å². The Morgan fingerprint density at radius 1 is 1.42 bits per heavy atom. The Morgan fingerprint density at radius 2 is 2.23 bits per heavy atom. The van der Waals surface area contributed by atoms with Crippen molar-refractivity contribution in [2.45, 2.75) is 26.5 Å². The van der Waals surface area contributed by atoms with Crippen LogP contribution in [0.5, 0.6) is 5.75 Å². The molecule has 0 aliphatic rings. The van der Waals surface area contributed by atoms with Gasteiger partial charge in [-0.3, -0.25) is 14.6 Å². The largest absolute Gasteiger partial charge is 0.484 e. The minimum absolute atomic E-state index is 0.0236. The van der Waals surface area contributed by atoms with Gasteiger partial charge in [0, 0.05) is 12.7 Å². The predicted molar refractivity (Wildman–Crippen MR) is 93.3 cm³/mol. The number of carbonyl (C=O) groups excluding carboxylic acids is 1. The summed E-state index contributed by atoms with van der Waals surface area (Å²) >= 11 is 0. The molecule has 1 unspecified atom stereocenters. The van der Waals surface area contributed by atoms with Crippen LogP contribution >= 0.6 is 0 Å². The maximum absolute atomic E-state index is 13.5. The van der Waals surface area contributed by atoms with Crippen molar-refractivity contribution in [3.63, 3.8) is 0 Å². The molecule has 0 aliphatic carbocycles. The molecule has 1 atom stereocenters. The number of hydrogen-bond donors (Lipinski definition) is 2. The van der Waals surface area contributed by atoms with Gasteiger partial charge in [0.25, 0.3) is 5.91 Å². The fourth-order valence-corrected chi connectivity index (χ4v) is 2.37. The van der Waals surface area contributed by atoms with E-state index in [0.29, 0.717) is 12.2 Å². The summed E-state index contributed by atoms with van der Waals surface area (Å²) in [4.78, 5) is 12.2. The number of para-hydroxylation sites is 1. The lowest BCUT2D eigenvalue weighted by Crippen LogP contribution is -2.30. The fraction of sp³-hybridized carbons (Fsp3) is 0.278. The van der Waals surface area contributed by atoms with Crippen LogP contribution in [0.4, 0.5) is 4.39 Å². The van der Waals surface area contributed by atoms with Crippen LogP contribution < -0.4 is 10.1 Å². The molecule has 7 nitrogen and oxygen atoms in total. The van der Waals surface area contributed by atoms with Crippen molar-refractivity contribution in [1.29, 1.82) is 0 Å². The zero-order valence-electron chi connectivity index (χ0n) is 14.6. The van der Waals surface area contributed by atoms with Crippen molar-refractivity contribution in [1.82, 2.24) is 25.3 Å². The Balaban J connectivity index is 1.52. The number of nitrogens with zero attached hydrogens (tertiary/aromatic N) is 3. The first-order chi connectivity index (χ1) is 12.5. The molecule has 0 aliphatic heterocycles. The second-order valence-corrected chi connectivity index (χ2v) is 6.05. The zero-order valence-corrected chi connectivity index (χ0v) is 14.6. The van der Waals surface area contributed by atoms with Gasteiger partial charge < -0.3 is 10.1 Å². The van der Waals surface area contributed by atoms with E-state index in [-0.39, 0.29) is 30.0 Å². The number of ether oxygens (including phenoxy) is 1. The number of nitrogens with one attached hydrogen (secondary N) is 2. The molecule has 136 valence electrons. The Bertz CT molecular complexity index is 889. The van der Waals surface area contributed by atoms with Crippen molar-refractivity contribution < 1.29 is 13.9 Å². The number of H-pyrrole nitrogens is 1. The van der Waals surface area contributed by atoms with Gasteiger partial charge in [0.1, 0.15) is 12.3 Å². The van der Waals surface area contributed by atoms with E-state index < -0.39 is 5.82 Å². The first-order valence-electron chi connectivity index (χ1n) is 8.23. The molecule has 0 saturated heterocycles. The number of rotatable bonds is 7. The van der Waals surface area contributed by atoms with E-state index in [1.54, 1.807) is 29.1 Å². The summed E-state index contributed by atoms with van der Waals surface area (Å²) in [6.45, 7) is 4.44. The highest BCUT2D eigenvalue weighted by Crippen LogP contribution is 2.16. The minimum atomic E-state index is -0.437. The van der Waals surface area contributed by atoms with E-state index in [1.807, 2.05) is 20.0 Å². The molecule has 2 aromatic heterocycles. The summed E-state index contributed by atoms with van der Waals surface area (Å²) in [5.74, 6) is -0.585. The van der Waals surface area contributed by atoms with Gasteiger partial charge in [-0.2, -0.15) is 10.2 Å². The van der Waals surface area contributed by atoms with Crippen molar-refractivity contribution >= 4 is 5.91 Å². The van der Waals surface area contributed by atoms with Gasteiger partial charge in [0.2, 0.25) is 0 Å². The van der Waals surface area contributed by atoms with Gasteiger partial charge in [0.05, 0.1) is 17.9 Å². The number of aromatic amines is 1. The monoisotopic (exact) mass is 357 g/mol. The Kier molecular flexibility index (Phi) is 5.31. The molecule has 3 aromatic rings. The van der Waals surface area contributed by atoms with E-state index in [2.05, 4.69) is 20.6 Å². The number of amides is 1. The number of hydrogen-bond acceptors (Lipinski definition) is 4. The van der Waals surface area contributed by atoms with E-state index >= 15 is 0 Å². The maximum Gasteiger partial charge on any atom is 0.271 e. The van der Waals surface area contributed by atoms with Gasteiger partial charge in [-0.15, -0.1) is 0 Å². The molecule has 26 heavy (non-hydrogen) atoms. The van der Waals surface area contributed by atoms with Gasteiger partial charge >= 0.3 is 0 Å². The second-order valence-electron chi connectivity index (χ2n) is 6.05. The molecule has 0 saturated carbocycles. The van der Waals surface area contributed by atoms with E-state index in [4.69, 9.17) is 4.74 Å². The SMILES string of the molecule is Cc1cnn(C(C)CNC(=O)c2cc(COc3ccccc3F)[nH]n2)c1. The maximum atomic E-state index is 13.5. The minimum Gasteiger partial charge on any atom is -0.484 e. The Labute approximate surface area is 150 Å². The van der Waals surface area contributed by atoms with Crippen LogP contribution in [0.15, 0.2) is 42.7 Å². The lowest BCUT2D eigenvalue weighted by Gasteiger charge is -2.12. The fourth-order valence-electron chi connectivity index (χ4n) is 2.37. The van der Waals surface area contributed by atoms with Crippen LogP contribution in [0.2, 0.25) is 0 Å². The molecule has 0 fully saturated rings. The standard InChI is InChI=1S/C18H20FN5O2/c1-12-8-21-24(10-12)13(2)9-20-18(25)16-7-14(22-23-16)11-26-17-6-4-3-5-15(17)19/h3-8,10,13H,9,11H2,1-2H3,(H,20,25)(H,22,23). The van der Waals surface area contributed by atoms with Crippen molar-refractivity contribution in [3.05, 3.63) is 65.5 Å². The zero-order chi connectivity index (χ0) is 18.5. The van der Waals surface area contributed by atoms with Gasteiger partial charge in [-0.05, 0) is 37.6 Å². The molecule has 1 aromatic carbocycles. The second kappa shape index (κ2) is 7.81. The van der Waals surface area contributed by atoms with Crippen LogP contribution in [0.1, 0.15) is 34.7 Å². The first kappa shape index (κ1) is 17.7. The van der Waals surface area contributed by atoms with E-state index in [0.717, 1.165) is 5.56 Å². The van der Waals surface area contributed by atoms with Crippen LogP contribution in [0.25, 0.3) is 0 Å². The molecule has 3 rings (SSSR count). The molecular weight excluding hydrogens is 337 g/mol. The third-order valence-corrected chi connectivity index (χ3v) is 3.82. The first-order valence-corrected chi connectivity index (χ1v) is 8.23. The molecule has 0 bridgehead atoms. The normalized spacial score (nSPS) is 12.0. The number of aromatic nitrogens is 4. The van der Waals surface area contributed by atoms with Crippen molar-refractivity contribution in [2.24, 2.45) is 0 Å². The summed E-state index contributed by atoms with van der Waals surface area (Å²) < 4.78 is 20.7. The lowest BCUT2D eigenvalue weighted by molar-refractivity contribution is 0.0943. The smallest absolute Gasteiger partial charge is 0.271 e. The highest BCUT2D eigenvalue weighted by molar-refractivity contribution is 5.92. The number of carbonyl (C=O) groups is 1. The van der Waals surface area contributed by atoms with Crippen LogP contribution in [-0.2, 0) is 6.61 Å². The number of aryl methyl sites for hydroxylation is 1. The third kappa shape index (κ3) is 4.27. The molecule has 0 radical (unpaired) electrons. The van der Waals surface area contributed by atoms with Gasteiger partial charge in [-0.25, -0.2) is 4.39 Å². The van der Waals surface area contributed by atoms with Crippen LogP contribution in [-0.4, -0.2) is 32.4 Å². The summed E-state index contributed by atoms with van der Waals surface area (Å²) in [6.07, 6.45) is 3.69. The van der Waals surface area contributed by atoms with Crippen LogP contribution in [0, 0.1) is 12.7 Å². The third-order valence-electron chi connectivity index (χ3n) is 3.82. The summed E-state index contributed by atoms with van der Waals surface area (Å²) in [7, 11) is 0. The number of benzene rings is 1. The average Bonchev–Trinajstić information content (AvgIpc) is 3.28. The lowest BCUT2D eigenvalue weighted by atomic mass is 10.3. The number of halogens is 1. The molecule has 1 amide bonds. The quantitative estimate of drug-likeness (QED) is 0.681. The van der Waals surface area contributed by atoms with Gasteiger partial charge in [-0.1, -0.05) is 12.1 Å². The Hall–Kier alpha value is -3.16. The average molecular weight is 357 g/mol. The topological polar surface area (TPSA) is 84.8 Å². The van der Waals surface area contributed by atoms with E-state index in [9.17, 15) is 9.18 Å². The molecule has 0 spiro atoms. The summed E-state index contributed by atoms with van der Waals surface area (Å²) in [5.41, 5.74) is 1.89. The highest BCUT2D eigenvalue weighted by atomic mass is 19.1. The molecule has 2 N–H and O–H groups in total. The molecular formula is C18H20FN5O2. The molecule has 2 heterocycles. The van der Waals surface area contributed by atoms with Crippen molar-refractivity contribution in [3.8, 4) is 5.75 Å². The van der Waals surface area contributed by atoms with Crippen LogP contribution in [0.3, 0.4) is 0 Å². The van der Waals surface area contributed by atoms with Gasteiger partial charge in [0.15, 0.2) is 11.6 Å².